The lowest BCUT2D eigenvalue weighted by molar-refractivity contribution is 0.709. The van der Waals surface area contributed by atoms with Gasteiger partial charge in [-0.2, -0.15) is 0 Å². The van der Waals surface area contributed by atoms with Crippen molar-refractivity contribution < 1.29 is 0 Å². The van der Waals surface area contributed by atoms with Gasteiger partial charge in [-0.3, -0.25) is 0 Å². The molecule has 0 saturated carbocycles. The molecule has 16 heavy (non-hydrogen) atoms. The van der Waals surface area contributed by atoms with Crippen molar-refractivity contribution in [2.75, 3.05) is 0 Å². The maximum absolute atomic E-state index is 2.33. The summed E-state index contributed by atoms with van der Waals surface area (Å²) in [5.41, 5.74) is 3.14. The van der Waals surface area contributed by atoms with E-state index in [1.165, 1.54) is 51.4 Å². The Morgan fingerprint density at radius 1 is 0.625 bits per heavy atom. The fourth-order valence-electron chi connectivity index (χ4n) is 2.42. The number of allylic oxidation sites excluding steroid dienone is 8. The Morgan fingerprint density at radius 2 is 1.12 bits per heavy atom. The van der Waals surface area contributed by atoms with Crippen LogP contribution in [-0.4, -0.2) is 0 Å². The zero-order valence-corrected chi connectivity index (χ0v) is 10.1. The first kappa shape index (κ1) is 11.4. The van der Waals surface area contributed by atoms with Gasteiger partial charge in [-0.25, -0.2) is 0 Å². The summed E-state index contributed by atoms with van der Waals surface area (Å²) in [7, 11) is 0. The normalized spacial score (nSPS) is 27.8. The first-order valence-electron chi connectivity index (χ1n) is 6.68. The highest BCUT2D eigenvalue weighted by molar-refractivity contribution is 5.36. The van der Waals surface area contributed by atoms with Gasteiger partial charge in [0.2, 0.25) is 0 Å². The van der Waals surface area contributed by atoms with E-state index in [0.29, 0.717) is 0 Å². The van der Waals surface area contributed by atoms with E-state index < -0.39 is 0 Å². The molecule has 2 aliphatic rings. The standard InChI is InChI=1S/C16H22/c1-3-7-11-15(12-8-4-1)16-13-9-5-2-6-10-14-16/h3,5,7,9,11,13H,1-2,4,6,8,10,12,14H2/b7-3-,9-5?,15-11+,16-13?. The number of hydrogen-bond donors (Lipinski definition) is 0. The van der Waals surface area contributed by atoms with Gasteiger partial charge in [0.15, 0.2) is 0 Å². The molecule has 0 bridgehead atoms. The van der Waals surface area contributed by atoms with Crippen LogP contribution in [0.4, 0.5) is 0 Å². The molecule has 86 valence electrons. The molecule has 0 amide bonds. The van der Waals surface area contributed by atoms with E-state index >= 15 is 0 Å². The summed E-state index contributed by atoms with van der Waals surface area (Å²) in [5.74, 6) is 0. The Balaban J connectivity index is 2.13. The molecule has 0 atom stereocenters. The van der Waals surface area contributed by atoms with E-state index in [2.05, 4.69) is 36.5 Å². The molecule has 0 heteroatoms. The highest BCUT2D eigenvalue weighted by Crippen LogP contribution is 2.25. The van der Waals surface area contributed by atoms with Gasteiger partial charge in [-0.1, -0.05) is 36.5 Å². The average Bonchev–Trinajstić information content (AvgIpc) is 2.18. The maximum atomic E-state index is 2.33. The molecule has 0 unspecified atom stereocenters. The number of rotatable bonds is 1. The zero-order valence-electron chi connectivity index (χ0n) is 10.1. The minimum Gasteiger partial charge on any atom is -0.0845 e. The van der Waals surface area contributed by atoms with Gasteiger partial charge in [0.25, 0.3) is 0 Å². The molecule has 2 aliphatic carbocycles. The third kappa shape index (κ3) is 3.52. The van der Waals surface area contributed by atoms with Gasteiger partial charge < -0.3 is 0 Å². The van der Waals surface area contributed by atoms with Gasteiger partial charge in [0.05, 0.1) is 0 Å². The SMILES string of the molecule is C1=CCCCCC(/C2=C/C=C\CCCC2)=C1. The summed E-state index contributed by atoms with van der Waals surface area (Å²) in [4.78, 5) is 0. The highest BCUT2D eigenvalue weighted by atomic mass is 14.1. The smallest absolute Gasteiger partial charge is 0.0276 e. The van der Waals surface area contributed by atoms with E-state index in [4.69, 9.17) is 0 Å². The Kier molecular flexibility index (Phi) is 4.67. The lowest BCUT2D eigenvalue weighted by Crippen LogP contribution is -1.94. The van der Waals surface area contributed by atoms with Crippen LogP contribution in [0.15, 0.2) is 47.6 Å². The van der Waals surface area contributed by atoms with Gasteiger partial charge in [0.1, 0.15) is 0 Å². The van der Waals surface area contributed by atoms with Crippen molar-refractivity contribution in [2.45, 2.75) is 51.4 Å². The van der Waals surface area contributed by atoms with Crippen LogP contribution in [0.5, 0.6) is 0 Å². The van der Waals surface area contributed by atoms with Crippen LogP contribution in [0, 0.1) is 0 Å². The van der Waals surface area contributed by atoms with Crippen LogP contribution in [0.1, 0.15) is 51.4 Å². The second-order valence-electron chi connectivity index (χ2n) is 4.73. The van der Waals surface area contributed by atoms with Crippen molar-refractivity contribution in [2.24, 2.45) is 0 Å². The van der Waals surface area contributed by atoms with Gasteiger partial charge >= 0.3 is 0 Å². The Morgan fingerprint density at radius 3 is 1.62 bits per heavy atom. The molecule has 2 rings (SSSR count). The second kappa shape index (κ2) is 6.52. The highest BCUT2D eigenvalue weighted by Gasteiger charge is 2.06. The van der Waals surface area contributed by atoms with Crippen molar-refractivity contribution in [1.82, 2.24) is 0 Å². The minimum atomic E-state index is 1.25. The largest absolute Gasteiger partial charge is 0.0845 e. The van der Waals surface area contributed by atoms with E-state index in [1.807, 2.05) is 0 Å². The molecule has 0 heterocycles. The van der Waals surface area contributed by atoms with Crippen molar-refractivity contribution in [3.05, 3.63) is 47.6 Å². The fourth-order valence-corrected chi connectivity index (χ4v) is 2.42. The molecule has 0 aromatic carbocycles. The Hall–Kier alpha value is -1.04. The van der Waals surface area contributed by atoms with E-state index in [1.54, 1.807) is 11.1 Å². The predicted molar refractivity (Wildman–Crippen MR) is 71.4 cm³/mol. The van der Waals surface area contributed by atoms with Crippen LogP contribution in [0.3, 0.4) is 0 Å². The molecule has 0 aromatic rings. The van der Waals surface area contributed by atoms with E-state index in [9.17, 15) is 0 Å². The second-order valence-corrected chi connectivity index (χ2v) is 4.73. The third-order valence-electron chi connectivity index (χ3n) is 3.41. The van der Waals surface area contributed by atoms with Crippen LogP contribution < -0.4 is 0 Å². The van der Waals surface area contributed by atoms with Crippen molar-refractivity contribution in [1.29, 1.82) is 0 Å². The monoisotopic (exact) mass is 214 g/mol. The molecule has 0 nitrogen and oxygen atoms in total. The summed E-state index contributed by atoms with van der Waals surface area (Å²) >= 11 is 0. The van der Waals surface area contributed by atoms with Crippen LogP contribution in [-0.2, 0) is 0 Å². The van der Waals surface area contributed by atoms with Crippen LogP contribution >= 0.6 is 0 Å². The van der Waals surface area contributed by atoms with Gasteiger partial charge in [-0.15, -0.1) is 0 Å². The summed E-state index contributed by atoms with van der Waals surface area (Å²) in [6.07, 6.45) is 24.2. The molecular weight excluding hydrogens is 192 g/mol. The quantitative estimate of drug-likeness (QED) is 0.569. The molecule has 0 radical (unpaired) electrons. The molecule has 0 saturated heterocycles. The lowest BCUT2D eigenvalue weighted by atomic mass is 9.92. The van der Waals surface area contributed by atoms with Crippen molar-refractivity contribution in [3.8, 4) is 0 Å². The summed E-state index contributed by atoms with van der Waals surface area (Å²) < 4.78 is 0. The number of hydrogen-bond acceptors (Lipinski definition) is 0. The summed E-state index contributed by atoms with van der Waals surface area (Å²) in [6, 6.07) is 0. The Bertz CT molecular complexity index is 292. The average molecular weight is 214 g/mol. The molecule has 0 aromatic heterocycles. The molecular formula is C16H22. The van der Waals surface area contributed by atoms with E-state index in [0.717, 1.165) is 0 Å². The topological polar surface area (TPSA) is 0 Å². The first-order valence-corrected chi connectivity index (χ1v) is 6.68. The molecule has 0 spiro atoms. The minimum absolute atomic E-state index is 1.25. The van der Waals surface area contributed by atoms with Crippen molar-refractivity contribution in [3.63, 3.8) is 0 Å². The summed E-state index contributed by atoms with van der Waals surface area (Å²) in [6.45, 7) is 0. The fraction of sp³-hybridized carbons (Fsp3) is 0.500. The van der Waals surface area contributed by atoms with Gasteiger partial charge in [-0.05, 0) is 62.5 Å². The van der Waals surface area contributed by atoms with Crippen LogP contribution in [0.2, 0.25) is 0 Å². The van der Waals surface area contributed by atoms with E-state index in [-0.39, 0.29) is 0 Å². The van der Waals surface area contributed by atoms with Gasteiger partial charge in [0, 0.05) is 0 Å². The van der Waals surface area contributed by atoms with Crippen LogP contribution in [0.25, 0.3) is 0 Å². The molecule has 0 aliphatic heterocycles. The summed E-state index contributed by atoms with van der Waals surface area (Å²) in [5, 5.41) is 0. The maximum Gasteiger partial charge on any atom is -0.0276 e. The van der Waals surface area contributed by atoms with Crippen molar-refractivity contribution >= 4 is 0 Å². The molecule has 0 N–H and O–H groups in total. The zero-order chi connectivity index (χ0) is 11.1. The third-order valence-corrected chi connectivity index (χ3v) is 3.41. The Labute approximate surface area is 99.4 Å². The predicted octanol–water partition coefficient (Wildman–Crippen LogP) is 5.10. The lowest BCUT2D eigenvalue weighted by Gasteiger charge is -2.14. The molecule has 0 fully saturated rings. The first-order chi connectivity index (χ1) is 7.97.